The molecule has 0 aliphatic rings. The quantitative estimate of drug-likeness (QED) is 0.555. The first-order valence-electron chi connectivity index (χ1n) is 8.05. The van der Waals surface area contributed by atoms with Gasteiger partial charge in [-0.3, -0.25) is 9.78 Å². The van der Waals surface area contributed by atoms with Crippen molar-refractivity contribution >= 4 is 17.6 Å². The van der Waals surface area contributed by atoms with Crippen LogP contribution >= 0.6 is 0 Å². The number of hydrogen-bond acceptors (Lipinski definition) is 3. The van der Waals surface area contributed by atoms with Gasteiger partial charge in [0.2, 0.25) is 5.91 Å². The fourth-order valence-corrected chi connectivity index (χ4v) is 2.12. The molecule has 0 aliphatic carbocycles. The minimum atomic E-state index is -0.232. The molecule has 0 unspecified atom stereocenters. The van der Waals surface area contributed by atoms with Crippen LogP contribution in [-0.4, -0.2) is 29.9 Å². The molecule has 1 amide bonds. The first kappa shape index (κ1) is 18.4. The standard InChI is InChI=1S/C18H22FN5O/c1-3-21-18(22-10-14-6-7-16(19)13(2)9-14)23-12-17(25)24-15-5-4-8-20-11-15/h4-9,11H,3,10,12H2,1-2H3,(H,24,25)(H2,21,22,23). The number of nitrogens with zero attached hydrogens (tertiary/aromatic N) is 2. The fourth-order valence-electron chi connectivity index (χ4n) is 2.12. The molecule has 0 spiro atoms. The van der Waals surface area contributed by atoms with Gasteiger partial charge >= 0.3 is 0 Å². The van der Waals surface area contributed by atoms with Gasteiger partial charge in [-0.25, -0.2) is 9.38 Å². The molecule has 3 N–H and O–H groups in total. The molecule has 0 saturated carbocycles. The third-order valence-corrected chi connectivity index (χ3v) is 3.35. The lowest BCUT2D eigenvalue weighted by Gasteiger charge is -2.11. The highest BCUT2D eigenvalue weighted by Crippen LogP contribution is 2.10. The Labute approximate surface area is 146 Å². The molecule has 0 fully saturated rings. The van der Waals surface area contributed by atoms with Gasteiger partial charge < -0.3 is 16.0 Å². The van der Waals surface area contributed by atoms with Crippen LogP contribution in [0.2, 0.25) is 0 Å². The van der Waals surface area contributed by atoms with E-state index in [0.717, 1.165) is 5.56 Å². The van der Waals surface area contributed by atoms with E-state index in [1.54, 1.807) is 43.6 Å². The minimum Gasteiger partial charge on any atom is -0.357 e. The highest BCUT2D eigenvalue weighted by Gasteiger charge is 2.05. The molecule has 2 rings (SSSR count). The SMILES string of the molecule is CCNC(=NCc1ccc(F)c(C)c1)NCC(=O)Nc1cccnc1. The van der Waals surface area contributed by atoms with Gasteiger partial charge in [-0.15, -0.1) is 0 Å². The topological polar surface area (TPSA) is 78.4 Å². The summed E-state index contributed by atoms with van der Waals surface area (Å²) in [5.41, 5.74) is 2.12. The predicted octanol–water partition coefficient (Wildman–Crippen LogP) is 2.22. The van der Waals surface area contributed by atoms with Crippen LogP contribution in [0, 0.1) is 12.7 Å². The van der Waals surface area contributed by atoms with Crippen LogP contribution in [0.25, 0.3) is 0 Å². The van der Waals surface area contributed by atoms with Crippen molar-refractivity contribution in [3.63, 3.8) is 0 Å². The Balaban J connectivity index is 1.90. The third kappa shape index (κ3) is 6.21. The molecule has 1 heterocycles. The summed E-state index contributed by atoms with van der Waals surface area (Å²) in [7, 11) is 0. The van der Waals surface area contributed by atoms with Crippen LogP contribution in [0.1, 0.15) is 18.1 Å². The van der Waals surface area contributed by atoms with E-state index in [1.165, 1.54) is 6.07 Å². The molecule has 2 aromatic rings. The Morgan fingerprint density at radius 3 is 2.80 bits per heavy atom. The fraction of sp³-hybridized carbons (Fsp3) is 0.278. The average molecular weight is 343 g/mol. The Hall–Kier alpha value is -2.96. The van der Waals surface area contributed by atoms with Gasteiger partial charge in [0.05, 0.1) is 25.0 Å². The van der Waals surface area contributed by atoms with Crippen molar-refractivity contribution < 1.29 is 9.18 Å². The summed E-state index contributed by atoms with van der Waals surface area (Å²) in [6.07, 6.45) is 3.22. The summed E-state index contributed by atoms with van der Waals surface area (Å²) in [5, 5.41) is 8.78. The lowest BCUT2D eigenvalue weighted by molar-refractivity contribution is -0.115. The molecule has 132 valence electrons. The maximum Gasteiger partial charge on any atom is 0.243 e. The molecule has 1 aromatic heterocycles. The number of aromatic nitrogens is 1. The number of amides is 1. The number of rotatable bonds is 6. The summed E-state index contributed by atoms with van der Waals surface area (Å²) in [6, 6.07) is 8.41. The van der Waals surface area contributed by atoms with Gasteiger partial charge in [0.15, 0.2) is 5.96 Å². The molecule has 7 heteroatoms. The largest absolute Gasteiger partial charge is 0.357 e. The van der Waals surface area contributed by atoms with Gasteiger partial charge in [0, 0.05) is 12.7 Å². The van der Waals surface area contributed by atoms with Crippen molar-refractivity contribution in [1.82, 2.24) is 15.6 Å². The summed E-state index contributed by atoms with van der Waals surface area (Å²) in [4.78, 5) is 20.3. The predicted molar refractivity (Wildman–Crippen MR) is 96.8 cm³/mol. The smallest absolute Gasteiger partial charge is 0.243 e. The van der Waals surface area contributed by atoms with E-state index in [0.29, 0.717) is 30.3 Å². The molecule has 0 aliphatic heterocycles. The number of guanidine groups is 1. The normalized spacial score (nSPS) is 11.1. The van der Waals surface area contributed by atoms with Gasteiger partial charge in [-0.1, -0.05) is 12.1 Å². The van der Waals surface area contributed by atoms with Crippen molar-refractivity contribution in [2.24, 2.45) is 4.99 Å². The monoisotopic (exact) mass is 343 g/mol. The number of halogens is 1. The van der Waals surface area contributed by atoms with E-state index in [1.807, 2.05) is 6.92 Å². The van der Waals surface area contributed by atoms with Gasteiger partial charge in [0.25, 0.3) is 0 Å². The van der Waals surface area contributed by atoms with Gasteiger partial charge in [0.1, 0.15) is 5.82 Å². The number of aryl methyl sites for hydroxylation is 1. The second-order valence-corrected chi connectivity index (χ2v) is 5.42. The van der Waals surface area contributed by atoms with Crippen molar-refractivity contribution in [2.75, 3.05) is 18.4 Å². The highest BCUT2D eigenvalue weighted by atomic mass is 19.1. The molecule has 0 radical (unpaired) electrons. The zero-order valence-electron chi connectivity index (χ0n) is 14.3. The third-order valence-electron chi connectivity index (χ3n) is 3.35. The number of pyridine rings is 1. The Morgan fingerprint density at radius 2 is 2.12 bits per heavy atom. The second-order valence-electron chi connectivity index (χ2n) is 5.42. The number of benzene rings is 1. The Kier molecular flexibility index (Phi) is 6.88. The van der Waals surface area contributed by atoms with Crippen LogP contribution < -0.4 is 16.0 Å². The number of nitrogens with one attached hydrogen (secondary N) is 3. The van der Waals surface area contributed by atoms with Crippen LogP contribution in [0.4, 0.5) is 10.1 Å². The molecule has 1 aromatic carbocycles. The Morgan fingerprint density at radius 1 is 1.28 bits per heavy atom. The molecule has 25 heavy (non-hydrogen) atoms. The van der Waals surface area contributed by atoms with Crippen molar-refractivity contribution in [3.05, 3.63) is 59.7 Å². The molecular formula is C18H22FN5O. The molecule has 6 nitrogen and oxygen atoms in total. The molecule has 0 bridgehead atoms. The van der Waals surface area contributed by atoms with E-state index in [-0.39, 0.29) is 18.3 Å². The lowest BCUT2D eigenvalue weighted by atomic mass is 10.1. The first-order valence-corrected chi connectivity index (χ1v) is 8.05. The van der Waals surface area contributed by atoms with Crippen molar-refractivity contribution in [2.45, 2.75) is 20.4 Å². The summed E-state index contributed by atoms with van der Waals surface area (Å²) in [6.45, 7) is 4.78. The zero-order valence-corrected chi connectivity index (χ0v) is 14.3. The minimum absolute atomic E-state index is 0.0726. The van der Waals surface area contributed by atoms with Crippen LogP contribution in [0.15, 0.2) is 47.7 Å². The summed E-state index contributed by atoms with van der Waals surface area (Å²) >= 11 is 0. The van der Waals surface area contributed by atoms with Crippen LogP contribution in [0.3, 0.4) is 0 Å². The number of hydrogen-bond donors (Lipinski definition) is 3. The number of aliphatic imine (C=N–C) groups is 1. The van der Waals surface area contributed by atoms with Gasteiger partial charge in [-0.05, 0) is 43.2 Å². The van der Waals surface area contributed by atoms with Gasteiger partial charge in [-0.2, -0.15) is 0 Å². The first-order chi connectivity index (χ1) is 12.1. The lowest BCUT2D eigenvalue weighted by Crippen LogP contribution is -2.41. The van der Waals surface area contributed by atoms with E-state index < -0.39 is 0 Å². The summed E-state index contributed by atoms with van der Waals surface area (Å²) < 4.78 is 13.3. The van der Waals surface area contributed by atoms with E-state index in [9.17, 15) is 9.18 Å². The zero-order chi connectivity index (χ0) is 18.1. The maximum absolute atomic E-state index is 13.3. The molecular weight excluding hydrogens is 321 g/mol. The highest BCUT2D eigenvalue weighted by molar-refractivity contribution is 5.94. The van der Waals surface area contributed by atoms with E-state index in [4.69, 9.17) is 0 Å². The molecule has 0 saturated heterocycles. The number of anilines is 1. The molecule has 0 atom stereocenters. The van der Waals surface area contributed by atoms with Crippen molar-refractivity contribution in [1.29, 1.82) is 0 Å². The van der Waals surface area contributed by atoms with Crippen molar-refractivity contribution in [3.8, 4) is 0 Å². The average Bonchev–Trinajstić information content (AvgIpc) is 2.61. The Bertz CT molecular complexity index is 734. The number of carbonyl (C=O) groups is 1. The second kappa shape index (κ2) is 9.36. The van der Waals surface area contributed by atoms with E-state index in [2.05, 4.69) is 25.9 Å². The summed E-state index contributed by atoms with van der Waals surface area (Å²) in [5.74, 6) is 0.0897. The number of carbonyl (C=O) groups excluding carboxylic acids is 1. The van der Waals surface area contributed by atoms with Crippen LogP contribution in [-0.2, 0) is 11.3 Å². The maximum atomic E-state index is 13.3. The van der Waals surface area contributed by atoms with Crippen LogP contribution in [0.5, 0.6) is 0 Å². The van der Waals surface area contributed by atoms with E-state index >= 15 is 0 Å².